The molecule has 0 bridgehead atoms. The molecule has 100 valence electrons. The second kappa shape index (κ2) is 5.24. The highest BCUT2D eigenvalue weighted by atomic mass is 79.9. The molecule has 1 atom stereocenters. The minimum Gasteiger partial charge on any atom is -0.396 e. The minimum absolute atomic E-state index is 0.0989. The fourth-order valence-corrected chi connectivity index (χ4v) is 1.70. The van der Waals surface area contributed by atoms with Gasteiger partial charge in [-0.2, -0.15) is 0 Å². The molecule has 0 saturated carbocycles. The summed E-state index contributed by atoms with van der Waals surface area (Å²) < 4.78 is 13.5. The maximum Gasteiger partial charge on any atom is 0.253 e. The number of nitrogen functional groups attached to an aromatic ring is 1. The quantitative estimate of drug-likeness (QED) is 0.747. The van der Waals surface area contributed by atoms with Crippen LogP contribution in [0.1, 0.15) is 31.1 Å². The molecule has 0 fully saturated rings. The van der Waals surface area contributed by atoms with Crippen LogP contribution in [0.25, 0.3) is 0 Å². The molecule has 1 aromatic carbocycles. The van der Waals surface area contributed by atoms with Gasteiger partial charge in [-0.25, -0.2) is 4.39 Å². The molecule has 1 rings (SSSR count). The molecule has 18 heavy (non-hydrogen) atoms. The second-order valence-corrected chi connectivity index (χ2v) is 5.56. The topological polar surface area (TPSA) is 75.3 Å². The number of amides is 1. The number of aliphatic hydroxyl groups excluding tert-OH is 1. The molecular formula is C12H16BrFN2O2. The van der Waals surface area contributed by atoms with Crippen LogP contribution in [-0.2, 0) is 0 Å². The van der Waals surface area contributed by atoms with Crippen LogP contribution in [0.3, 0.4) is 0 Å². The zero-order valence-electron chi connectivity index (χ0n) is 10.4. The number of nitrogens with one attached hydrogen (secondary N) is 1. The Labute approximate surface area is 113 Å². The molecule has 0 heterocycles. The number of hydrogen-bond donors (Lipinski definition) is 3. The summed E-state index contributed by atoms with van der Waals surface area (Å²) in [6.45, 7) is 4.96. The van der Waals surface area contributed by atoms with Gasteiger partial charge >= 0.3 is 0 Å². The fourth-order valence-electron chi connectivity index (χ4n) is 1.20. The second-order valence-electron chi connectivity index (χ2n) is 4.71. The smallest absolute Gasteiger partial charge is 0.253 e. The molecule has 1 unspecified atom stereocenters. The van der Waals surface area contributed by atoms with Crippen molar-refractivity contribution >= 4 is 27.5 Å². The van der Waals surface area contributed by atoms with Crippen molar-refractivity contribution < 1.29 is 14.3 Å². The number of hydrogen-bond acceptors (Lipinski definition) is 3. The summed E-state index contributed by atoms with van der Waals surface area (Å²) in [7, 11) is 0. The van der Waals surface area contributed by atoms with Gasteiger partial charge in [-0.05, 0) is 48.8 Å². The van der Waals surface area contributed by atoms with Crippen LogP contribution >= 0.6 is 15.9 Å². The first kappa shape index (κ1) is 14.9. The maximum absolute atomic E-state index is 13.2. The predicted molar refractivity (Wildman–Crippen MR) is 71.7 cm³/mol. The summed E-state index contributed by atoms with van der Waals surface area (Å²) in [6.07, 6.45) is -0.724. The lowest BCUT2D eigenvalue weighted by Crippen LogP contribution is -2.51. The van der Waals surface area contributed by atoms with Crippen LogP contribution in [0.4, 0.5) is 10.1 Å². The van der Waals surface area contributed by atoms with Gasteiger partial charge in [0.2, 0.25) is 0 Å². The SMILES string of the molecule is CC(O)C(C)(C)NC(=O)c1cc(N)c(F)cc1Br. The van der Waals surface area contributed by atoms with E-state index in [9.17, 15) is 14.3 Å². The van der Waals surface area contributed by atoms with Gasteiger partial charge in [0.05, 0.1) is 22.9 Å². The first-order valence-electron chi connectivity index (χ1n) is 5.40. The van der Waals surface area contributed by atoms with Crippen molar-refractivity contribution in [2.75, 3.05) is 5.73 Å². The van der Waals surface area contributed by atoms with Crippen LogP contribution < -0.4 is 11.1 Å². The average Bonchev–Trinajstić information content (AvgIpc) is 2.22. The number of halogens is 2. The molecular weight excluding hydrogens is 303 g/mol. The molecule has 1 aromatic rings. The summed E-state index contributed by atoms with van der Waals surface area (Å²) in [5.41, 5.74) is 4.76. The number of rotatable bonds is 3. The number of carbonyl (C=O) groups excluding carboxylic acids is 1. The first-order valence-corrected chi connectivity index (χ1v) is 6.19. The Balaban J connectivity index is 3.02. The highest BCUT2D eigenvalue weighted by molar-refractivity contribution is 9.10. The van der Waals surface area contributed by atoms with Crippen molar-refractivity contribution in [3.05, 3.63) is 28.0 Å². The molecule has 0 spiro atoms. The molecule has 1 amide bonds. The first-order chi connectivity index (χ1) is 8.15. The van der Waals surface area contributed by atoms with E-state index >= 15 is 0 Å². The zero-order valence-corrected chi connectivity index (χ0v) is 12.0. The summed E-state index contributed by atoms with van der Waals surface area (Å²) in [5, 5.41) is 12.2. The summed E-state index contributed by atoms with van der Waals surface area (Å²) in [4.78, 5) is 12.0. The number of nitrogens with two attached hydrogens (primary N) is 1. The molecule has 4 nitrogen and oxygen atoms in total. The van der Waals surface area contributed by atoms with Crippen molar-refractivity contribution in [2.45, 2.75) is 32.4 Å². The Morgan fingerprint density at radius 1 is 1.56 bits per heavy atom. The van der Waals surface area contributed by atoms with Crippen molar-refractivity contribution in [3.63, 3.8) is 0 Å². The lowest BCUT2D eigenvalue weighted by molar-refractivity contribution is 0.0709. The van der Waals surface area contributed by atoms with Gasteiger partial charge in [0.1, 0.15) is 5.82 Å². The van der Waals surface area contributed by atoms with Gasteiger partial charge in [-0.15, -0.1) is 0 Å². The summed E-state index contributed by atoms with van der Waals surface area (Å²) >= 11 is 3.11. The van der Waals surface area contributed by atoms with Crippen LogP contribution in [0.2, 0.25) is 0 Å². The zero-order chi connectivity index (χ0) is 14.1. The van der Waals surface area contributed by atoms with Crippen LogP contribution in [0.15, 0.2) is 16.6 Å². The Morgan fingerprint density at radius 2 is 2.11 bits per heavy atom. The highest BCUT2D eigenvalue weighted by Gasteiger charge is 2.27. The Morgan fingerprint density at radius 3 is 2.61 bits per heavy atom. The fraction of sp³-hybridized carbons (Fsp3) is 0.417. The average molecular weight is 319 g/mol. The molecule has 0 aliphatic carbocycles. The van der Waals surface area contributed by atoms with Gasteiger partial charge < -0.3 is 16.2 Å². The minimum atomic E-state index is -0.792. The lowest BCUT2D eigenvalue weighted by Gasteiger charge is -2.29. The van der Waals surface area contributed by atoms with Crippen molar-refractivity contribution in [1.29, 1.82) is 0 Å². The third-order valence-electron chi connectivity index (χ3n) is 2.81. The van der Waals surface area contributed by atoms with E-state index in [0.29, 0.717) is 4.47 Å². The lowest BCUT2D eigenvalue weighted by atomic mass is 9.98. The highest BCUT2D eigenvalue weighted by Crippen LogP contribution is 2.23. The van der Waals surface area contributed by atoms with Gasteiger partial charge in [0, 0.05) is 4.47 Å². The summed E-state index contributed by atoms with van der Waals surface area (Å²) in [6, 6.07) is 2.40. The predicted octanol–water partition coefficient (Wildman–Crippen LogP) is 2.06. The van der Waals surface area contributed by atoms with E-state index in [1.807, 2.05) is 0 Å². The third kappa shape index (κ3) is 3.20. The molecule has 0 aliphatic rings. The summed E-state index contributed by atoms with van der Waals surface area (Å²) in [5.74, 6) is -1.02. The van der Waals surface area contributed by atoms with E-state index in [4.69, 9.17) is 5.73 Å². The van der Waals surface area contributed by atoms with Crippen LogP contribution in [-0.4, -0.2) is 22.7 Å². The van der Waals surface area contributed by atoms with Gasteiger partial charge in [-0.3, -0.25) is 4.79 Å². The van der Waals surface area contributed by atoms with Gasteiger partial charge in [0.15, 0.2) is 0 Å². The Kier molecular flexibility index (Phi) is 4.34. The molecule has 0 aliphatic heterocycles. The Bertz CT molecular complexity index is 475. The largest absolute Gasteiger partial charge is 0.396 e. The van der Waals surface area contributed by atoms with Crippen molar-refractivity contribution in [1.82, 2.24) is 5.32 Å². The number of aliphatic hydroxyl groups is 1. The number of benzene rings is 1. The molecule has 0 aromatic heterocycles. The number of carbonyl (C=O) groups is 1. The van der Waals surface area contributed by atoms with Crippen molar-refractivity contribution in [2.24, 2.45) is 0 Å². The van der Waals surface area contributed by atoms with E-state index in [1.165, 1.54) is 6.07 Å². The molecule has 0 radical (unpaired) electrons. The van der Waals surface area contributed by atoms with Gasteiger partial charge in [0.25, 0.3) is 5.91 Å². The molecule has 6 heteroatoms. The third-order valence-corrected chi connectivity index (χ3v) is 3.47. The molecule has 0 saturated heterocycles. The normalized spacial score (nSPS) is 13.2. The van der Waals surface area contributed by atoms with E-state index in [2.05, 4.69) is 21.2 Å². The standard InChI is InChI=1S/C12H16BrFN2O2/c1-6(17)12(2,3)16-11(18)7-4-10(15)9(14)5-8(7)13/h4-6,17H,15H2,1-3H3,(H,16,18). The Hall–Kier alpha value is -1.14. The van der Waals surface area contributed by atoms with E-state index in [-0.39, 0.29) is 11.3 Å². The monoisotopic (exact) mass is 318 g/mol. The van der Waals surface area contributed by atoms with E-state index in [0.717, 1.165) is 6.07 Å². The van der Waals surface area contributed by atoms with Gasteiger partial charge in [-0.1, -0.05) is 0 Å². The van der Waals surface area contributed by atoms with E-state index < -0.39 is 23.4 Å². The van der Waals surface area contributed by atoms with Crippen LogP contribution in [0, 0.1) is 5.82 Å². The number of anilines is 1. The van der Waals surface area contributed by atoms with Crippen molar-refractivity contribution in [3.8, 4) is 0 Å². The van der Waals surface area contributed by atoms with Crippen LogP contribution in [0.5, 0.6) is 0 Å². The maximum atomic E-state index is 13.2. The van der Waals surface area contributed by atoms with E-state index in [1.54, 1.807) is 20.8 Å². The molecule has 4 N–H and O–H groups in total.